The number of hydrogen-bond acceptors (Lipinski definition) is 4. The third kappa shape index (κ3) is 7.09. The first-order valence-corrected chi connectivity index (χ1v) is 8.09. The summed E-state index contributed by atoms with van der Waals surface area (Å²) in [7, 11) is 0. The van der Waals surface area contributed by atoms with Gasteiger partial charge in [0.1, 0.15) is 0 Å². The fourth-order valence-electron chi connectivity index (χ4n) is 2.30. The van der Waals surface area contributed by atoms with Crippen molar-refractivity contribution in [3.05, 3.63) is 16.6 Å². The Morgan fingerprint density at radius 2 is 2.22 bits per heavy atom. The van der Waals surface area contributed by atoms with Crippen LogP contribution in [0.5, 0.6) is 0 Å². The molecule has 4 heteroatoms. The molecule has 0 aromatic carbocycles. The quantitative estimate of drug-likeness (QED) is 0.607. The molecule has 1 aromatic heterocycles. The summed E-state index contributed by atoms with van der Waals surface area (Å²) in [5.41, 5.74) is 8.75. The summed E-state index contributed by atoms with van der Waals surface area (Å²) in [4.78, 5) is 4.28. The number of aromatic nitrogens is 1. The van der Waals surface area contributed by atoms with Gasteiger partial charge in [-0.1, -0.05) is 19.8 Å². The lowest BCUT2D eigenvalue weighted by molar-refractivity contribution is 0.404. The van der Waals surface area contributed by atoms with Crippen LogP contribution < -0.4 is 11.1 Å². The van der Waals surface area contributed by atoms with Crippen LogP contribution in [0.2, 0.25) is 0 Å². The minimum Gasteiger partial charge on any atom is -0.330 e. The number of rotatable bonds is 11. The summed E-state index contributed by atoms with van der Waals surface area (Å²) in [5.74, 6) is 0.834. The molecule has 1 aromatic rings. The van der Waals surface area contributed by atoms with E-state index in [0.29, 0.717) is 0 Å². The van der Waals surface area contributed by atoms with Crippen LogP contribution in [-0.2, 0) is 6.42 Å². The zero-order valence-corrected chi connectivity index (χ0v) is 12.3. The zero-order chi connectivity index (χ0) is 13.1. The molecule has 104 valence electrons. The van der Waals surface area contributed by atoms with Crippen LogP contribution >= 0.6 is 11.3 Å². The van der Waals surface area contributed by atoms with Gasteiger partial charge in [-0.15, -0.1) is 11.3 Å². The Labute approximate surface area is 115 Å². The summed E-state index contributed by atoms with van der Waals surface area (Å²) >= 11 is 1.67. The van der Waals surface area contributed by atoms with Crippen molar-refractivity contribution in [2.45, 2.75) is 45.4 Å². The van der Waals surface area contributed by atoms with E-state index in [1.165, 1.54) is 37.8 Å². The number of thiazole rings is 1. The van der Waals surface area contributed by atoms with Gasteiger partial charge in [-0.3, -0.25) is 0 Å². The van der Waals surface area contributed by atoms with Crippen LogP contribution in [0.4, 0.5) is 0 Å². The molecule has 3 N–H and O–H groups in total. The molecule has 18 heavy (non-hydrogen) atoms. The molecule has 0 spiro atoms. The maximum absolute atomic E-state index is 5.64. The van der Waals surface area contributed by atoms with Crippen molar-refractivity contribution < 1.29 is 0 Å². The van der Waals surface area contributed by atoms with E-state index in [2.05, 4.69) is 22.6 Å². The Kier molecular flexibility index (Phi) is 9.08. The molecule has 0 aliphatic heterocycles. The van der Waals surface area contributed by atoms with Crippen LogP contribution in [-0.4, -0.2) is 24.6 Å². The smallest absolute Gasteiger partial charge is 0.0794 e. The Hall–Kier alpha value is -0.450. The summed E-state index contributed by atoms with van der Waals surface area (Å²) in [6.45, 7) is 5.26. The standard InChI is InChI=1S/C14H27N3S/c1-2-4-13(6-8-15)5-3-9-16-10-7-14-11-18-12-17-14/h11-13,16H,2-10,15H2,1H3. The highest BCUT2D eigenvalue weighted by Gasteiger charge is 2.05. The van der Waals surface area contributed by atoms with Gasteiger partial charge in [-0.05, 0) is 38.3 Å². The van der Waals surface area contributed by atoms with E-state index in [0.717, 1.165) is 32.0 Å². The normalized spacial score (nSPS) is 12.8. The highest BCUT2D eigenvalue weighted by atomic mass is 32.1. The van der Waals surface area contributed by atoms with Gasteiger partial charge in [0.05, 0.1) is 11.2 Å². The van der Waals surface area contributed by atoms with Crippen molar-refractivity contribution >= 4 is 11.3 Å². The van der Waals surface area contributed by atoms with E-state index < -0.39 is 0 Å². The lowest BCUT2D eigenvalue weighted by Gasteiger charge is -2.14. The highest BCUT2D eigenvalue weighted by molar-refractivity contribution is 7.07. The van der Waals surface area contributed by atoms with Gasteiger partial charge in [0.15, 0.2) is 0 Å². The molecule has 0 bridgehead atoms. The van der Waals surface area contributed by atoms with E-state index in [4.69, 9.17) is 5.73 Å². The van der Waals surface area contributed by atoms with E-state index >= 15 is 0 Å². The van der Waals surface area contributed by atoms with Crippen LogP contribution in [0.3, 0.4) is 0 Å². The first-order valence-electron chi connectivity index (χ1n) is 7.14. The lowest BCUT2D eigenvalue weighted by atomic mass is 9.94. The summed E-state index contributed by atoms with van der Waals surface area (Å²) in [6.07, 6.45) is 7.42. The molecule has 0 aliphatic rings. The van der Waals surface area contributed by atoms with E-state index in [1.807, 2.05) is 5.51 Å². The number of nitrogens with zero attached hydrogens (tertiary/aromatic N) is 1. The fraction of sp³-hybridized carbons (Fsp3) is 0.786. The molecule has 0 fully saturated rings. The van der Waals surface area contributed by atoms with Crippen LogP contribution in [0, 0.1) is 5.92 Å². The maximum atomic E-state index is 5.64. The second-order valence-corrected chi connectivity index (χ2v) is 5.57. The Morgan fingerprint density at radius 3 is 2.89 bits per heavy atom. The maximum Gasteiger partial charge on any atom is 0.0794 e. The topological polar surface area (TPSA) is 50.9 Å². The summed E-state index contributed by atoms with van der Waals surface area (Å²) in [6, 6.07) is 0. The Balaban J connectivity index is 1.96. The van der Waals surface area contributed by atoms with Gasteiger partial charge >= 0.3 is 0 Å². The van der Waals surface area contributed by atoms with Crippen molar-refractivity contribution in [1.29, 1.82) is 0 Å². The largest absolute Gasteiger partial charge is 0.330 e. The van der Waals surface area contributed by atoms with E-state index in [9.17, 15) is 0 Å². The van der Waals surface area contributed by atoms with Crippen LogP contribution in [0.1, 0.15) is 44.7 Å². The molecular formula is C14H27N3S. The third-order valence-electron chi connectivity index (χ3n) is 3.28. The average molecular weight is 269 g/mol. The van der Waals surface area contributed by atoms with Crippen molar-refractivity contribution in [1.82, 2.24) is 10.3 Å². The van der Waals surface area contributed by atoms with Gasteiger partial charge in [0, 0.05) is 18.3 Å². The molecule has 3 nitrogen and oxygen atoms in total. The third-order valence-corrected chi connectivity index (χ3v) is 3.91. The fourth-order valence-corrected chi connectivity index (χ4v) is 2.89. The molecule has 0 amide bonds. The first kappa shape index (κ1) is 15.6. The second kappa shape index (κ2) is 10.5. The number of hydrogen-bond donors (Lipinski definition) is 2. The number of nitrogens with two attached hydrogens (primary N) is 1. The molecule has 1 heterocycles. The highest BCUT2D eigenvalue weighted by Crippen LogP contribution is 2.16. The van der Waals surface area contributed by atoms with Crippen LogP contribution in [0.25, 0.3) is 0 Å². The average Bonchev–Trinajstić information content (AvgIpc) is 2.87. The van der Waals surface area contributed by atoms with Crippen molar-refractivity contribution in [2.75, 3.05) is 19.6 Å². The predicted octanol–water partition coefficient (Wildman–Crippen LogP) is 2.82. The minimum absolute atomic E-state index is 0.834. The molecule has 0 aliphatic carbocycles. The molecule has 0 saturated carbocycles. The Bertz CT molecular complexity index is 269. The predicted molar refractivity (Wildman–Crippen MR) is 80.0 cm³/mol. The SMILES string of the molecule is CCCC(CCN)CCCNCCc1cscn1. The van der Waals surface area contributed by atoms with Gasteiger partial charge in [-0.25, -0.2) is 4.98 Å². The summed E-state index contributed by atoms with van der Waals surface area (Å²) < 4.78 is 0. The lowest BCUT2D eigenvalue weighted by Crippen LogP contribution is -2.19. The van der Waals surface area contributed by atoms with E-state index in [1.54, 1.807) is 11.3 Å². The second-order valence-electron chi connectivity index (χ2n) is 4.85. The van der Waals surface area contributed by atoms with Gasteiger partial charge in [0.2, 0.25) is 0 Å². The summed E-state index contributed by atoms with van der Waals surface area (Å²) in [5, 5.41) is 5.62. The Morgan fingerprint density at radius 1 is 1.33 bits per heavy atom. The van der Waals surface area contributed by atoms with E-state index in [-0.39, 0.29) is 0 Å². The molecule has 1 unspecified atom stereocenters. The molecule has 1 rings (SSSR count). The monoisotopic (exact) mass is 269 g/mol. The van der Waals surface area contributed by atoms with Gasteiger partial charge in [0.25, 0.3) is 0 Å². The van der Waals surface area contributed by atoms with Crippen LogP contribution in [0.15, 0.2) is 10.9 Å². The minimum atomic E-state index is 0.834. The van der Waals surface area contributed by atoms with Crippen molar-refractivity contribution in [2.24, 2.45) is 11.7 Å². The molecule has 1 atom stereocenters. The zero-order valence-electron chi connectivity index (χ0n) is 11.5. The number of nitrogens with one attached hydrogen (secondary N) is 1. The van der Waals surface area contributed by atoms with Gasteiger partial charge < -0.3 is 11.1 Å². The first-order chi connectivity index (χ1) is 8.86. The molecule has 0 radical (unpaired) electrons. The molecular weight excluding hydrogens is 242 g/mol. The van der Waals surface area contributed by atoms with Crippen molar-refractivity contribution in [3.8, 4) is 0 Å². The van der Waals surface area contributed by atoms with Gasteiger partial charge in [-0.2, -0.15) is 0 Å². The van der Waals surface area contributed by atoms with Crippen molar-refractivity contribution in [3.63, 3.8) is 0 Å². The molecule has 0 saturated heterocycles.